The predicted molar refractivity (Wildman–Crippen MR) is 73.6 cm³/mol. The van der Waals surface area contributed by atoms with E-state index < -0.39 is 8.80 Å². The molecule has 0 spiro atoms. The Labute approximate surface area is 112 Å². The summed E-state index contributed by atoms with van der Waals surface area (Å²) in [6.07, 6.45) is 2.54. The maximum Gasteiger partial charge on any atom is 0.503 e. The molecule has 0 bridgehead atoms. The van der Waals surface area contributed by atoms with Crippen LogP contribution in [0, 0.1) is 5.92 Å². The van der Waals surface area contributed by atoms with Gasteiger partial charge in [-0.3, -0.25) is 0 Å². The third-order valence-corrected chi connectivity index (χ3v) is 6.29. The van der Waals surface area contributed by atoms with E-state index in [0.29, 0.717) is 25.2 Å². The minimum atomic E-state index is -2.50. The second-order valence-electron chi connectivity index (χ2n) is 4.86. The van der Waals surface area contributed by atoms with Gasteiger partial charge in [-0.05, 0) is 26.2 Å². The van der Waals surface area contributed by atoms with Gasteiger partial charge >= 0.3 is 8.80 Å². The van der Waals surface area contributed by atoms with Crippen molar-refractivity contribution in [1.29, 1.82) is 0 Å². The molecule has 0 aromatic heterocycles. The van der Waals surface area contributed by atoms with Gasteiger partial charge in [0.15, 0.2) is 0 Å². The van der Waals surface area contributed by atoms with E-state index in [9.17, 15) is 0 Å². The first kappa shape index (κ1) is 16.1. The first-order chi connectivity index (χ1) is 8.65. The number of ether oxygens (including phenoxy) is 1. The van der Waals surface area contributed by atoms with Crippen LogP contribution in [0.4, 0.5) is 0 Å². The highest BCUT2D eigenvalue weighted by Gasteiger charge is 2.46. The Morgan fingerprint density at radius 2 is 1.78 bits per heavy atom. The first-order valence-corrected chi connectivity index (χ1v) is 9.12. The fourth-order valence-corrected chi connectivity index (χ4v) is 4.53. The van der Waals surface area contributed by atoms with Gasteiger partial charge in [0.1, 0.15) is 0 Å². The molecule has 4 nitrogen and oxygen atoms in total. The lowest BCUT2D eigenvalue weighted by Crippen LogP contribution is -2.47. The van der Waals surface area contributed by atoms with E-state index >= 15 is 0 Å². The fourth-order valence-electron chi connectivity index (χ4n) is 1.83. The van der Waals surface area contributed by atoms with E-state index in [1.807, 2.05) is 13.8 Å². The Bertz CT molecular complexity index is 215. The van der Waals surface area contributed by atoms with Crippen LogP contribution in [0.5, 0.6) is 0 Å². The van der Waals surface area contributed by atoms with Crippen LogP contribution in [0.25, 0.3) is 0 Å². The Kier molecular flexibility index (Phi) is 7.40. The van der Waals surface area contributed by atoms with Gasteiger partial charge in [0, 0.05) is 25.9 Å². The van der Waals surface area contributed by atoms with E-state index in [2.05, 4.69) is 13.8 Å². The predicted octanol–water partition coefficient (Wildman–Crippen LogP) is 2.85. The second kappa shape index (κ2) is 8.27. The van der Waals surface area contributed by atoms with Gasteiger partial charge in [0.05, 0.1) is 12.7 Å². The molecule has 1 aliphatic heterocycles. The summed E-state index contributed by atoms with van der Waals surface area (Å²) in [5, 5.41) is 0. The Morgan fingerprint density at radius 1 is 1.17 bits per heavy atom. The Hall–Kier alpha value is 0.0569. The van der Waals surface area contributed by atoms with E-state index in [0.717, 1.165) is 25.7 Å². The van der Waals surface area contributed by atoms with Crippen LogP contribution in [-0.2, 0) is 18.0 Å². The molecular weight excluding hydrogens is 248 g/mol. The van der Waals surface area contributed by atoms with Crippen LogP contribution >= 0.6 is 0 Å². The summed E-state index contributed by atoms with van der Waals surface area (Å²) >= 11 is 0. The van der Waals surface area contributed by atoms with E-state index in [4.69, 9.17) is 18.0 Å². The Morgan fingerprint density at radius 3 is 2.22 bits per heavy atom. The van der Waals surface area contributed by atoms with Gasteiger partial charge in [-0.1, -0.05) is 20.3 Å². The molecule has 0 saturated carbocycles. The summed E-state index contributed by atoms with van der Waals surface area (Å²) in [6.45, 7) is 11.3. The Balaban J connectivity index is 2.44. The molecule has 0 N–H and O–H groups in total. The maximum absolute atomic E-state index is 6.05. The van der Waals surface area contributed by atoms with Crippen LogP contribution in [-0.4, -0.2) is 41.3 Å². The molecule has 1 saturated heterocycles. The molecule has 0 amide bonds. The quantitative estimate of drug-likeness (QED) is 0.430. The highest BCUT2D eigenvalue weighted by Crippen LogP contribution is 2.26. The van der Waals surface area contributed by atoms with E-state index in [-0.39, 0.29) is 0 Å². The second-order valence-corrected chi connectivity index (χ2v) is 7.50. The normalized spacial score (nSPS) is 21.0. The van der Waals surface area contributed by atoms with E-state index in [1.54, 1.807) is 0 Å². The van der Waals surface area contributed by atoms with Crippen LogP contribution in [0.15, 0.2) is 0 Å². The standard InChI is InChI=1S/C13H28O4Si/c1-5-12(4)8-9-17-18(15-6-2,16-7-3)11-13-10-14-13/h12-13H,5-11H2,1-4H3. The molecule has 1 aliphatic rings. The largest absolute Gasteiger partial charge is 0.503 e. The van der Waals surface area contributed by atoms with Crippen molar-refractivity contribution in [2.75, 3.05) is 26.4 Å². The highest BCUT2D eigenvalue weighted by atomic mass is 28.4. The molecule has 108 valence electrons. The molecule has 0 aromatic rings. The third-order valence-electron chi connectivity index (χ3n) is 3.24. The first-order valence-electron chi connectivity index (χ1n) is 7.19. The lowest BCUT2D eigenvalue weighted by Gasteiger charge is -2.28. The van der Waals surface area contributed by atoms with Crippen LogP contribution in [0.3, 0.4) is 0 Å². The van der Waals surface area contributed by atoms with Gasteiger partial charge in [-0.25, -0.2) is 0 Å². The van der Waals surface area contributed by atoms with Crippen molar-refractivity contribution >= 4 is 8.80 Å². The minimum Gasteiger partial charge on any atom is -0.374 e. The summed E-state index contributed by atoms with van der Waals surface area (Å²) < 4.78 is 23.0. The van der Waals surface area contributed by atoms with Gasteiger partial charge in [0.25, 0.3) is 0 Å². The smallest absolute Gasteiger partial charge is 0.374 e. The summed E-state index contributed by atoms with van der Waals surface area (Å²) in [5.41, 5.74) is 0. The summed E-state index contributed by atoms with van der Waals surface area (Å²) in [7, 11) is -2.50. The van der Waals surface area contributed by atoms with Crippen LogP contribution < -0.4 is 0 Å². The van der Waals surface area contributed by atoms with Crippen molar-refractivity contribution in [3.63, 3.8) is 0 Å². The van der Waals surface area contributed by atoms with E-state index in [1.165, 1.54) is 6.42 Å². The lowest BCUT2D eigenvalue weighted by atomic mass is 10.1. The van der Waals surface area contributed by atoms with Gasteiger partial charge in [-0.2, -0.15) is 0 Å². The molecular formula is C13H28O4Si. The molecule has 0 aromatic carbocycles. The van der Waals surface area contributed by atoms with Crippen LogP contribution in [0.1, 0.15) is 40.5 Å². The lowest BCUT2D eigenvalue weighted by molar-refractivity contribution is 0.0612. The van der Waals surface area contributed by atoms with Crippen molar-refractivity contribution in [3.8, 4) is 0 Å². The van der Waals surface area contributed by atoms with Gasteiger partial charge < -0.3 is 18.0 Å². The summed E-state index contributed by atoms with van der Waals surface area (Å²) in [5.74, 6) is 0.692. The zero-order chi connectivity index (χ0) is 13.4. The average Bonchev–Trinajstić information content (AvgIpc) is 3.13. The molecule has 2 atom stereocenters. The maximum atomic E-state index is 6.05. The monoisotopic (exact) mass is 276 g/mol. The molecule has 0 aliphatic carbocycles. The molecule has 2 unspecified atom stereocenters. The molecule has 0 radical (unpaired) electrons. The van der Waals surface area contributed by atoms with Crippen molar-refractivity contribution in [1.82, 2.24) is 0 Å². The van der Waals surface area contributed by atoms with Crippen LogP contribution in [0.2, 0.25) is 6.04 Å². The minimum absolute atomic E-state index is 0.290. The number of hydrogen-bond donors (Lipinski definition) is 0. The summed E-state index contributed by atoms with van der Waals surface area (Å²) in [4.78, 5) is 0. The van der Waals surface area contributed by atoms with Gasteiger partial charge in [-0.15, -0.1) is 0 Å². The molecule has 18 heavy (non-hydrogen) atoms. The number of epoxide rings is 1. The number of rotatable bonds is 11. The molecule has 1 heterocycles. The van der Waals surface area contributed by atoms with Gasteiger partial charge in [0.2, 0.25) is 0 Å². The SMILES string of the molecule is CCO[Si](CC1CO1)(OCC)OCCC(C)CC. The number of hydrogen-bond acceptors (Lipinski definition) is 4. The van der Waals surface area contributed by atoms with Crippen molar-refractivity contribution in [2.24, 2.45) is 5.92 Å². The highest BCUT2D eigenvalue weighted by molar-refractivity contribution is 6.61. The molecule has 1 fully saturated rings. The topological polar surface area (TPSA) is 40.2 Å². The van der Waals surface area contributed by atoms with Crippen molar-refractivity contribution in [3.05, 3.63) is 0 Å². The fraction of sp³-hybridized carbons (Fsp3) is 1.00. The third kappa shape index (κ3) is 5.80. The van der Waals surface area contributed by atoms with Crippen molar-refractivity contribution in [2.45, 2.75) is 52.7 Å². The average molecular weight is 276 g/mol. The molecule has 1 rings (SSSR count). The molecule has 5 heteroatoms. The van der Waals surface area contributed by atoms with Crippen molar-refractivity contribution < 1.29 is 18.0 Å². The summed E-state index contributed by atoms with van der Waals surface area (Å²) in [6, 6.07) is 0.801. The zero-order valence-electron chi connectivity index (χ0n) is 12.2. The zero-order valence-corrected chi connectivity index (χ0v) is 13.2.